The smallest absolute Gasteiger partial charge is 0.0967 e. The Labute approximate surface area is 99.2 Å². The summed E-state index contributed by atoms with van der Waals surface area (Å²) in [5, 5.41) is 0. The Kier molecular flexibility index (Phi) is 2.42. The SMILES string of the molecule is [B]c1ccc(C2C(C)CC3=CCC2C3)cc1. The maximum Gasteiger partial charge on any atom is 0.113 e. The highest BCUT2D eigenvalue weighted by atomic mass is 14.4. The zero-order chi connectivity index (χ0) is 11.1. The summed E-state index contributed by atoms with van der Waals surface area (Å²) >= 11 is 0. The number of allylic oxidation sites excluding steroid dienone is 2. The van der Waals surface area contributed by atoms with Crippen molar-refractivity contribution >= 4 is 13.3 Å². The third-order valence-electron chi connectivity index (χ3n) is 4.26. The van der Waals surface area contributed by atoms with E-state index in [1.165, 1.54) is 24.8 Å². The van der Waals surface area contributed by atoms with Crippen LogP contribution in [0.5, 0.6) is 0 Å². The third kappa shape index (κ3) is 1.63. The monoisotopic (exact) mass is 208 g/mol. The minimum absolute atomic E-state index is 0.739. The number of hydrogen-bond donors (Lipinski definition) is 0. The summed E-state index contributed by atoms with van der Waals surface area (Å²) in [6, 6.07) is 8.53. The number of rotatable bonds is 1. The fourth-order valence-electron chi connectivity index (χ4n) is 3.59. The second-order valence-electron chi connectivity index (χ2n) is 5.44. The van der Waals surface area contributed by atoms with Crippen molar-refractivity contribution in [3.8, 4) is 0 Å². The average Bonchev–Trinajstić information content (AvgIpc) is 2.64. The van der Waals surface area contributed by atoms with Crippen LogP contribution in [0.25, 0.3) is 0 Å². The van der Waals surface area contributed by atoms with Crippen molar-refractivity contribution in [2.45, 2.75) is 32.1 Å². The average molecular weight is 208 g/mol. The van der Waals surface area contributed by atoms with E-state index in [0.717, 1.165) is 23.2 Å². The Morgan fingerprint density at radius 3 is 2.62 bits per heavy atom. The predicted molar refractivity (Wildman–Crippen MR) is 69.2 cm³/mol. The van der Waals surface area contributed by atoms with E-state index >= 15 is 0 Å². The second-order valence-corrected chi connectivity index (χ2v) is 5.44. The Bertz CT molecular complexity index is 416. The van der Waals surface area contributed by atoms with Gasteiger partial charge in [0.15, 0.2) is 0 Å². The quantitative estimate of drug-likeness (QED) is 0.491. The van der Waals surface area contributed by atoms with Gasteiger partial charge in [-0.15, -0.1) is 0 Å². The van der Waals surface area contributed by atoms with Gasteiger partial charge in [-0.25, -0.2) is 0 Å². The molecule has 3 atom stereocenters. The summed E-state index contributed by atoms with van der Waals surface area (Å²) in [6.45, 7) is 2.40. The van der Waals surface area contributed by atoms with Crippen LogP contribution in [0.2, 0.25) is 0 Å². The van der Waals surface area contributed by atoms with Gasteiger partial charge in [-0.3, -0.25) is 0 Å². The molecule has 0 amide bonds. The van der Waals surface area contributed by atoms with Gasteiger partial charge in [0, 0.05) is 0 Å². The first-order valence-corrected chi connectivity index (χ1v) is 6.27. The molecule has 1 aromatic carbocycles. The van der Waals surface area contributed by atoms with Gasteiger partial charge >= 0.3 is 0 Å². The third-order valence-corrected chi connectivity index (χ3v) is 4.26. The zero-order valence-electron chi connectivity index (χ0n) is 9.82. The molecule has 3 unspecified atom stereocenters. The lowest BCUT2D eigenvalue weighted by Gasteiger charge is -2.34. The van der Waals surface area contributed by atoms with E-state index in [1.807, 2.05) is 12.1 Å². The molecular weight excluding hydrogens is 191 g/mol. The topological polar surface area (TPSA) is 0 Å². The van der Waals surface area contributed by atoms with Gasteiger partial charge in [0.1, 0.15) is 7.85 Å². The van der Waals surface area contributed by atoms with Crippen molar-refractivity contribution in [3.05, 3.63) is 41.5 Å². The van der Waals surface area contributed by atoms with Crippen LogP contribution in [-0.4, -0.2) is 7.85 Å². The highest BCUT2D eigenvalue weighted by Gasteiger charge is 2.36. The normalized spacial score (nSPS) is 32.6. The first-order valence-electron chi connectivity index (χ1n) is 6.27. The Hall–Kier alpha value is -0.975. The molecule has 0 aliphatic heterocycles. The standard InChI is InChI=1S/C15H17B/c1-10-8-11-2-3-13(9-11)15(10)12-4-6-14(16)7-5-12/h2,4-7,10,13,15H,3,8-9H2,1H3. The summed E-state index contributed by atoms with van der Waals surface area (Å²) in [5.41, 5.74) is 4.06. The molecule has 1 fully saturated rings. The molecule has 2 aliphatic rings. The molecular formula is C15H17B. The summed E-state index contributed by atoms with van der Waals surface area (Å²) in [7, 11) is 5.76. The van der Waals surface area contributed by atoms with Gasteiger partial charge in [-0.1, -0.05) is 48.3 Å². The van der Waals surface area contributed by atoms with E-state index in [0.29, 0.717) is 0 Å². The Morgan fingerprint density at radius 2 is 1.88 bits per heavy atom. The molecule has 80 valence electrons. The molecule has 2 radical (unpaired) electrons. The molecule has 16 heavy (non-hydrogen) atoms. The van der Waals surface area contributed by atoms with E-state index in [2.05, 4.69) is 25.1 Å². The number of fused-ring (bicyclic) bond motifs is 2. The highest BCUT2D eigenvalue weighted by Crippen LogP contribution is 2.49. The van der Waals surface area contributed by atoms with Crippen molar-refractivity contribution in [1.82, 2.24) is 0 Å². The minimum atomic E-state index is 0.739. The van der Waals surface area contributed by atoms with Gasteiger partial charge in [0.2, 0.25) is 0 Å². The fraction of sp³-hybridized carbons (Fsp3) is 0.467. The number of benzene rings is 1. The van der Waals surface area contributed by atoms with Gasteiger partial charge < -0.3 is 0 Å². The van der Waals surface area contributed by atoms with Crippen LogP contribution in [0, 0.1) is 11.8 Å². The van der Waals surface area contributed by atoms with Crippen LogP contribution in [0.3, 0.4) is 0 Å². The lowest BCUT2D eigenvalue weighted by molar-refractivity contribution is 0.300. The lowest BCUT2D eigenvalue weighted by atomic mass is 9.70. The molecule has 1 heteroatoms. The van der Waals surface area contributed by atoms with Crippen LogP contribution < -0.4 is 5.46 Å². The van der Waals surface area contributed by atoms with Crippen LogP contribution in [0.4, 0.5) is 0 Å². The molecule has 0 N–H and O–H groups in total. The Morgan fingerprint density at radius 1 is 1.12 bits per heavy atom. The van der Waals surface area contributed by atoms with Gasteiger partial charge in [-0.2, -0.15) is 0 Å². The molecule has 0 aromatic heterocycles. The first-order chi connectivity index (χ1) is 7.74. The van der Waals surface area contributed by atoms with E-state index in [4.69, 9.17) is 7.85 Å². The van der Waals surface area contributed by atoms with Crippen LogP contribution >= 0.6 is 0 Å². The van der Waals surface area contributed by atoms with Crippen molar-refractivity contribution in [3.63, 3.8) is 0 Å². The molecule has 0 heterocycles. The van der Waals surface area contributed by atoms with Crippen LogP contribution in [0.15, 0.2) is 35.9 Å². The second kappa shape index (κ2) is 3.80. The Balaban J connectivity index is 1.91. The van der Waals surface area contributed by atoms with E-state index in [1.54, 1.807) is 5.57 Å². The first kappa shape index (κ1) is 10.2. The minimum Gasteiger partial charge on any atom is -0.0967 e. The van der Waals surface area contributed by atoms with Gasteiger partial charge in [0.25, 0.3) is 0 Å². The van der Waals surface area contributed by atoms with E-state index in [-0.39, 0.29) is 0 Å². The summed E-state index contributed by atoms with van der Waals surface area (Å²) in [6.07, 6.45) is 6.39. The van der Waals surface area contributed by atoms with E-state index < -0.39 is 0 Å². The fourth-order valence-corrected chi connectivity index (χ4v) is 3.59. The van der Waals surface area contributed by atoms with Crippen molar-refractivity contribution in [2.75, 3.05) is 0 Å². The summed E-state index contributed by atoms with van der Waals surface area (Å²) in [5.74, 6) is 2.38. The lowest BCUT2D eigenvalue weighted by Crippen LogP contribution is -2.23. The predicted octanol–water partition coefficient (Wildman–Crippen LogP) is 2.94. The largest absolute Gasteiger partial charge is 0.113 e. The zero-order valence-corrected chi connectivity index (χ0v) is 9.82. The summed E-state index contributed by atoms with van der Waals surface area (Å²) in [4.78, 5) is 0. The maximum absolute atomic E-state index is 5.76. The van der Waals surface area contributed by atoms with E-state index in [9.17, 15) is 0 Å². The van der Waals surface area contributed by atoms with Gasteiger partial charge in [-0.05, 0) is 42.6 Å². The van der Waals surface area contributed by atoms with Crippen LogP contribution in [0.1, 0.15) is 37.7 Å². The highest BCUT2D eigenvalue weighted by molar-refractivity contribution is 6.32. The number of hydrogen-bond acceptors (Lipinski definition) is 0. The maximum atomic E-state index is 5.76. The molecule has 2 bridgehead atoms. The molecule has 0 spiro atoms. The molecule has 0 saturated heterocycles. The van der Waals surface area contributed by atoms with Crippen molar-refractivity contribution in [2.24, 2.45) is 11.8 Å². The molecule has 2 aliphatic carbocycles. The summed E-state index contributed by atoms with van der Waals surface area (Å²) < 4.78 is 0. The molecule has 1 aromatic rings. The molecule has 0 nitrogen and oxygen atoms in total. The van der Waals surface area contributed by atoms with Gasteiger partial charge in [0.05, 0.1) is 0 Å². The van der Waals surface area contributed by atoms with Crippen molar-refractivity contribution in [1.29, 1.82) is 0 Å². The molecule has 1 saturated carbocycles. The van der Waals surface area contributed by atoms with Crippen molar-refractivity contribution < 1.29 is 0 Å². The van der Waals surface area contributed by atoms with Crippen LogP contribution in [-0.2, 0) is 0 Å². The molecule has 3 rings (SSSR count).